The highest BCUT2D eigenvalue weighted by molar-refractivity contribution is 5.76. The normalized spacial score (nSPS) is 12.9. The fourth-order valence-electron chi connectivity index (χ4n) is 10.1. The maximum atomic E-state index is 12.5. The summed E-state index contributed by atoms with van der Waals surface area (Å²) in [6.07, 6.45) is 85.6. The number of aliphatic hydroxyl groups excluding tert-OH is 2. The van der Waals surface area contributed by atoms with E-state index in [1.54, 1.807) is 6.08 Å². The number of aliphatic hydroxyl groups is 2. The quantitative estimate of drug-likeness (QED) is 0.0320. The van der Waals surface area contributed by atoms with Crippen molar-refractivity contribution in [3.8, 4) is 0 Å². The topological polar surface area (TPSA) is 95.9 Å². The summed E-state index contributed by atoms with van der Waals surface area (Å²) in [6, 6.07) is -0.638. The van der Waals surface area contributed by atoms with Crippen molar-refractivity contribution < 1.29 is 24.5 Å². The Morgan fingerprint density at radius 2 is 0.658 bits per heavy atom. The Morgan fingerprint density at radius 3 is 1.01 bits per heavy atom. The highest BCUT2D eigenvalue weighted by Gasteiger charge is 2.18. The first kappa shape index (κ1) is 73.6. The van der Waals surface area contributed by atoms with E-state index in [-0.39, 0.29) is 18.5 Å². The average Bonchev–Trinajstić information content (AvgIpc) is 3.42. The molecule has 444 valence electrons. The van der Waals surface area contributed by atoms with Crippen LogP contribution in [0.2, 0.25) is 0 Å². The molecule has 0 rings (SSSR count). The molecule has 76 heavy (non-hydrogen) atoms. The summed E-state index contributed by atoms with van der Waals surface area (Å²) in [5, 5.41) is 23.2. The van der Waals surface area contributed by atoms with Crippen molar-refractivity contribution >= 4 is 11.9 Å². The minimum Gasteiger partial charge on any atom is -0.466 e. The molecule has 2 atom stereocenters. The molecule has 0 fully saturated rings. The smallest absolute Gasteiger partial charge is 0.305 e. The fraction of sp³-hybridized carbons (Fsp3) is 0.829. The van der Waals surface area contributed by atoms with E-state index in [0.717, 1.165) is 70.6 Å². The molecule has 0 saturated heterocycles. The van der Waals surface area contributed by atoms with Crippen molar-refractivity contribution in [2.45, 2.75) is 360 Å². The molecule has 0 aliphatic heterocycles. The fourth-order valence-corrected chi connectivity index (χ4v) is 10.1. The highest BCUT2D eigenvalue weighted by atomic mass is 16.5. The minimum absolute atomic E-state index is 0.00718. The molecule has 6 heteroatoms. The maximum Gasteiger partial charge on any atom is 0.305 e. The predicted octanol–water partition coefficient (Wildman–Crippen LogP) is 21.5. The van der Waals surface area contributed by atoms with Gasteiger partial charge in [-0.05, 0) is 96.3 Å². The van der Waals surface area contributed by atoms with Gasteiger partial charge in [0.1, 0.15) is 0 Å². The van der Waals surface area contributed by atoms with Crippen LogP contribution in [0.15, 0.2) is 60.8 Å². The van der Waals surface area contributed by atoms with Crippen molar-refractivity contribution in [2.24, 2.45) is 0 Å². The number of unbranched alkanes of at least 4 members (excludes halogenated alkanes) is 43. The lowest BCUT2D eigenvalue weighted by molar-refractivity contribution is -0.143. The number of nitrogens with one attached hydrogen (secondary N) is 1. The average molecular weight is 1060 g/mol. The number of hydrogen-bond donors (Lipinski definition) is 3. The van der Waals surface area contributed by atoms with Crippen LogP contribution < -0.4 is 5.32 Å². The minimum atomic E-state index is -0.853. The lowest BCUT2D eigenvalue weighted by Crippen LogP contribution is -2.45. The van der Waals surface area contributed by atoms with E-state index in [1.165, 1.54) is 250 Å². The molecule has 3 N–H and O–H groups in total. The van der Waals surface area contributed by atoms with Gasteiger partial charge >= 0.3 is 5.97 Å². The molecule has 6 nitrogen and oxygen atoms in total. The van der Waals surface area contributed by atoms with Crippen LogP contribution in [-0.4, -0.2) is 47.4 Å². The van der Waals surface area contributed by atoms with Crippen molar-refractivity contribution in [2.75, 3.05) is 13.2 Å². The van der Waals surface area contributed by atoms with Crippen LogP contribution in [0.4, 0.5) is 0 Å². The summed E-state index contributed by atoms with van der Waals surface area (Å²) in [7, 11) is 0. The first-order valence-corrected chi connectivity index (χ1v) is 33.6. The van der Waals surface area contributed by atoms with Crippen LogP contribution >= 0.6 is 0 Å². The first-order chi connectivity index (χ1) is 37.5. The molecule has 0 radical (unpaired) electrons. The van der Waals surface area contributed by atoms with Gasteiger partial charge in [-0.3, -0.25) is 9.59 Å². The lowest BCUT2D eigenvalue weighted by atomic mass is 10.0. The van der Waals surface area contributed by atoms with Crippen LogP contribution in [0.5, 0.6) is 0 Å². The van der Waals surface area contributed by atoms with Gasteiger partial charge in [0, 0.05) is 12.8 Å². The summed E-state index contributed by atoms with van der Waals surface area (Å²) < 4.78 is 5.48. The number of ether oxygens (including phenoxy) is 1. The number of esters is 1. The van der Waals surface area contributed by atoms with Crippen molar-refractivity contribution in [3.63, 3.8) is 0 Å². The Balaban J connectivity index is 3.49. The number of hydrogen-bond acceptors (Lipinski definition) is 5. The van der Waals surface area contributed by atoms with Crippen LogP contribution in [0.25, 0.3) is 0 Å². The molecule has 0 aliphatic rings. The summed E-state index contributed by atoms with van der Waals surface area (Å²) >= 11 is 0. The number of carbonyl (C=O) groups is 2. The summed E-state index contributed by atoms with van der Waals surface area (Å²) in [5.41, 5.74) is 0. The second kappa shape index (κ2) is 65.1. The molecule has 0 heterocycles. The van der Waals surface area contributed by atoms with Crippen LogP contribution in [-0.2, 0) is 14.3 Å². The van der Waals surface area contributed by atoms with E-state index in [4.69, 9.17) is 4.74 Å². The monoisotopic (exact) mass is 1060 g/mol. The third kappa shape index (κ3) is 60.8. The van der Waals surface area contributed by atoms with Gasteiger partial charge in [-0.1, -0.05) is 299 Å². The molecule has 2 unspecified atom stereocenters. The SMILES string of the molecule is CCCCCC/C=C\C/C=C\CCCCCCCC(=O)OCCCCCCCCCCC/C=C\C/C=C\CCCCCCCCCC(=O)NC(CO)C(O)/C=C/CCCCCCCCCCCCCCCCCCCC. The Hall–Kier alpha value is -2.44. The van der Waals surface area contributed by atoms with Crippen LogP contribution in [0.3, 0.4) is 0 Å². The Morgan fingerprint density at radius 1 is 0.368 bits per heavy atom. The molecule has 0 aromatic rings. The predicted molar refractivity (Wildman–Crippen MR) is 333 cm³/mol. The Labute approximate surface area is 473 Å². The van der Waals surface area contributed by atoms with E-state index < -0.39 is 12.1 Å². The molecule has 0 spiro atoms. The van der Waals surface area contributed by atoms with Gasteiger partial charge in [-0.15, -0.1) is 0 Å². The molecular formula is C70H129NO5. The van der Waals surface area contributed by atoms with E-state index in [0.29, 0.717) is 19.4 Å². The molecule has 0 aromatic heterocycles. The Kier molecular flexibility index (Phi) is 63.0. The third-order valence-electron chi connectivity index (χ3n) is 15.3. The zero-order valence-electron chi connectivity index (χ0n) is 50.7. The number of rotatable bonds is 62. The van der Waals surface area contributed by atoms with Crippen LogP contribution in [0.1, 0.15) is 348 Å². The van der Waals surface area contributed by atoms with E-state index in [1.807, 2.05) is 6.08 Å². The van der Waals surface area contributed by atoms with Crippen LogP contribution in [0, 0.1) is 0 Å². The van der Waals surface area contributed by atoms with Crippen molar-refractivity contribution in [1.82, 2.24) is 5.32 Å². The highest BCUT2D eigenvalue weighted by Crippen LogP contribution is 2.17. The summed E-state index contributed by atoms with van der Waals surface area (Å²) in [6.45, 7) is 4.89. The molecule has 0 bridgehead atoms. The molecular weight excluding hydrogens is 935 g/mol. The van der Waals surface area contributed by atoms with Crippen molar-refractivity contribution in [1.29, 1.82) is 0 Å². The van der Waals surface area contributed by atoms with Crippen molar-refractivity contribution in [3.05, 3.63) is 60.8 Å². The largest absolute Gasteiger partial charge is 0.466 e. The van der Waals surface area contributed by atoms with Gasteiger partial charge in [-0.2, -0.15) is 0 Å². The first-order valence-electron chi connectivity index (χ1n) is 33.6. The maximum absolute atomic E-state index is 12.5. The molecule has 0 saturated carbocycles. The number of allylic oxidation sites excluding steroid dienone is 9. The standard InChI is InChI=1S/C70H129NO5/c1-3-5-7-9-11-13-15-17-19-21-22-28-31-34-38-42-46-50-54-58-62-68(73)67(66-72)71-69(74)63-59-55-51-47-43-39-35-32-29-26-24-23-25-27-30-33-37-41-45-49-53-57-61-65-76-70(75)64-60-56-52-48-44-40-36-20-18-16-14-12-10-8-6-4-2/h14,16,20,23,25-26,29,36,58,62,67-68,72-73H,3-13,15,17-19,21-22,24,27-28,30-35,37-57,59-61,63-66H2,1-2H3,(H,71,74)/b16-14-,25-23-,29-26-,36-20-,62-58+. The zero-order chi connectivity index (χ0) is 55.0. The zero-order valence-corrected chi connectivity index (χ0v) is 50.7. The number of amides is 1. The van der Waals surface area contributed by atoms with Gasteiger partial charge < -0.3 is 20.3 Å². The number of carbonyl (C=O) groups excluding carboxylic acids is 2. The van der Waals surface area contributed by atoms with Gasteiger partial charge in [-0.25, -0.2) is 0 Å². The van der Waals surface area contributed by atoms with E-state index in [9.17, 15) is 19.8 Å². The molecule has 0 aliphatic carbocycles. The van der Waals surface area contributed by atoms with Gasteiger partial charge in [0.05, 0.1) is 25.4 Å². The second-order valence-electron chi connectivity index (χ2n) is 22.8. The van der Waals surface area contributed by atoms with E-state index in [2.05, 4.69) is 67.8 Å². The molecule has 1 amide bonds. The third-order valence-corrected chi connectivity index (χ3v) is 15.3. The lowest BCUT2D eigenvalue weighted by Gasteiger charge is -2.20. The summed E-state index contributed by atoms with van der Waals surface area (Å²) in [5.74, 6) is -0.0840. The second-order valence-corrected chi connectivity index (χ2v) is 22.8. The van der Waals surface area contributed by atoms with E-state index >= 15 is 0 Å². The Bertz CT molecular complexity index is 1320. The van der Waals surface area contributed by atoms with Gasteiger partial charge in [0.15, 0.2) is 0 Å². The molecule has 0 aromatic carbocycles. The summed E-state index contributed by atoms with van der Waals surface area (Å²) in [4.78, 5) is 24.6. The van der Waals surface area contributed by atoms with Gasteiger partial charge in [0.2, 0.25) is 5.91 Å². The van der Waals surface area contributed by atoms with Gasteiger partial charge in [0.25, 0.3) is 0 Å².